The molecule has 0 aliphatic carbocycles. The van der Waals surface area contributed by atoms with Gasteiger partial charge in [0.25, 0.3) is 0 Å². The molecule has 0 radical (unpaired) electrons. The molecule has 0 atom stereocenters. The van der Waals surface area contributed by atoms with Crippen LogP contribution in [0.2, 0.25) is 0 Å². The third-order valence-corrected chi connectivity index (χ3v) is 2.98. The highest BCUT2D eigenvalue weighted by Gasteiger charge is 2.24. The standard InChI is InChI=1S/C13H24N4O/c1-6-7-18-11-8-10(2)15-12(16-11)17(5)13(3,4)9-14/h8H,6-7,9,14H2,1-5H3. The fourth-order valence-corrected chi connectivity index (χ4v) is 1.36. The van der Waals surface area contributed by atoms with Gasteiger partial charge in [0, 0.05) is 30.9 Å². The van der Waals surface area contributed by atoms with Gasteiger partial charge in [-0.3, -0.25) is 0 Å². The lowest BCUT2D eigenvalue weighted by atomic mass is 10.1. The predicted molar refractivity (Wildman–Crippen MR) is 74.1 cm³/mol. The van der Waals surface area contributed by atoms with Gasteiger partial charge in [-0.2, -0.15) is 4.98 Å². The first-order valence-corrected chi connectivity index (χ1v) is 6.33. The third-order valence-electron chi connectivity index (χ3n) is 2.98. The minimum Gasteiger partial charge on any atom is -0.478 e. The molecule has 1 aromatic rings. The Bertz CT molecular complexity index is 393. The van der Waals surface area contributed by atoms with E-state index in [0.717, 1.165) is 12.1 Å². The minimum atomic E-state index is -0.185. The molecule has 5 nitrogen and oxygen atoms in total. The van der Waals surface area contributed by atoms with Crippen molar-refractivity contribution < 1.29 is 4.74 Å². The van der Waals surface area contributed by atoms with E-state index in [2.05, 4.69) is 30.7 Å². The Hall–Kier alpha value is -1.36. The van der Waals surface area contributed by atoms with Crippen molar-refractivity contribution in [1.82, 2.24) is 9.97 Å². The molecule has 18 heavy (non-hydrogen) atoms. The van der Waals surface area contributed by atoms with Crippen LogP contribution in [0.15, 0.2) is 6.07 Å². The zero-order chi connectivity index (χ0) is 13.8. The van der Waals surface area contributed by atoms with E-state index in [1.165, 1.54) is 0 Å². The largest absolute Gasteiger partial charge is 0.478 e. The van der Waals surface area contributed by atoms with E-state index in [-0.39, 0.29) is 5.54 Å². The highest BCUT2D eigenvalue weighted by atomic mass is 16.5. The Labute approximate surface area is 109 Å². The van der Waals surface area contributed by atoms with Crippen LogP contribution in [0, 0.1) is 6.92 Å². The predicted octanol–water partition coefficient (Wildman–Crippen LogP) is 1.75. The Morgan fingerprint density at radius 2 is 2.06 bits per heavy atom. The van der Waals surface area contributed by atoms with Gasteiger partial charge in [-0.05, 0) is 27.2 Å². The van der Waals surface area contributed by atoms with E-state index in [1.54, 1.807) is 0 Å². The molecule has 5 heteroatoms. The Kier molecular flexibility index (Phi) is 4.90. The SMILES string of the molecule is CCCOc1cc(C)nc(N(C)C(C)(C)CN)n1. The van der Waals surface area contributed by atoms with Crippen molar-refractivity contribution >= 4 is 5.95 Å². The van der Waals surface area contributed by atoms with Gasteiger partial charge >= 0.3 is 0 Å². The number of nitrogens with zero attached hydrogens (tertiary/aromatic N) is 3. The molecule has 0 aliphatic heterocycles. The summed E-state index contributed by atoms with van der Waals surface area (Å²) in [5.74, 6) is 1.27. The lowest BCUT2D eigenvalue weighted by Gasteiger charge is -2.34. The zero-order valence-electron chi connectivity index (χ0n) is 12.0. The minimum absolute atomic E-state index is 0.185. The number of anilines is 1. The van der Waals surface area contributed by atoms with E-state index in [1.807, 2.05) is 24.9 Å². The van der Waals surface area contributed by atoms with Gasteiger partial charge in [0.15, 0.2) is 0 Å². The summed E-state index contributed by atoms with van der Waals surface area (Å²) in [6, 6.07) is 1.85. The molecule has 0 aromatic carbocycles. The summed E-state index contributed by atoms with van der Waals surface area (Å²) in [5, 5.41) is 0. The molecule has 0 spiro atoms. The second-order valence-corrected chi connectivity index (χ2v) is 5.07. The van der Waals surface area contributed by atoms with Crippen molar-refractivity contribution in [2.45, 2.75) is 39.7 Å². The second-order valence-electron chi connectivity index (χ2n) is 5.07. The zero-order valence-corrected chi connectivity index (χ0v) is 12.0. The number of likely N-dealkylation sites (N-methyl/N-ethyl adjacent to an activating group) is 1. The summed E-state index contributed by atoms with van der Waals surface area (Å²) in [4.78, 5) is 10.8. The number of aromatic nitrogens is 2. The molecule has 1 aromatic heterocycles. The van der Waals surface area contributed by atoms with Crippen LogP contribution in [0.1, 0.15) is 32.9 Å². The molecule has 2 N–H and O–H groups in total. The average molecular weight is 252 g/mol. The number of rotatable bonds is 6. The first kappa shape index (κ1) is 14.7. The summed E-state index contributed by atoms with van der Waals surface area (Å²) < 4.78 is 5.56. The van der Waals surface area contributed by atoms with E-state index in [4.69, 9.17) is 10.5 Å². The van der Waals surface area contributed by atoms with Crippen LogP contribution in [0.4, 0.5) is 5.95 Å². The Balaban J connectivity index is 2.98. The first-order valence-electron chi connectivity index (χ1n) is 6.33. The van der Waals surface area contributed by atoms with Crippen LogP contribution in [0.3, 0.4) is 0 Å². The van der Waals surface area contributed by atoms with Gasteiger partial charge in [0.2, 0.25) is 11.8 Å². The summed E-state index contributed by atoms with van der Waals surface area (Å²) in [5.41, 5.74) is 6.48. The van der Waals surface area contributed by atoms with Gasteiger partial charge in [-0.15, -0.1) is 0 Å². The molecule has 102 valence electrons. The van der Waals surface area contributed by atoms with Crippen molar-refractivity contribution in [2.75, 3.05) is 25.1 Å². The summed E-state index contributed by atoms with van der Waals surface area (Å²) >= 11 is 0. The molecule has 1 rings (SSSR count). The van der Waals surface area contributed by atoms with Crippen molar-refractivity contribution in [3.63, 3.8) is 0 Å². The maximum atomic E-state index is 5.77. The highest BCUT2D eigenvalue weighted by molar-refractivity contribution is 5.36. The number of aryl methyl sites for hydroxylation is 1. The van der Waals surface area contributed by atoms with Crippen LogP contribution < -0.4 is 15.4 Å². The molecule has 0 aliphatic rings. The number of nitrogens with two attached hydrogens (primary N) is 1. The lowest BCUT2D eigenvalue weighted by Crippen LogP contribution is -2.48. The number of hydrogen-bond donors (Lipinski definition) is 1. The topological polar surface area (TPSA) is 64.3 Å². The van der Waals surface area contributed by atoms with E-state index >= 15 is 0 Å². The average Bonchev–Trinajstić information content (AvgIpc) is 2.34. The fraction of sp³-hybridized carbons (Fsp3) is 0.692. The van der Waals surface area contributed by atoms with Gasteiger partial charge in [0.1, 0.15) is 0 Å². The quantitative estimate of drug-likeness (QED) is 0.835. The molecular formula is C13H24N4O. The summed E-state index contributed by atoms with van der Waals surface area (Å²) in [7, 11) is 1.95. The van der Waals surface area contributed by atoms with Gasteiger partial charge < -0.3 is 15.4 Å². The highest BCUT2D eigenvalue weighted by Crippen LogP contribution is 2.20. The van der Waals surface area contributed by atoms with Crippen molar-refractivity contribution in [2.24, 2.45) is 5.73 Å². The first-order chi connectivity index (χ1) is 8.40. The molecule has 0 saturated heterocycles. The third kappa shape index (κ3) is 3.57. The van der Waals surface area contributed by atoms with Gasteiger partial charge in [-0.1, -0.05) is 6.92 Å². The maximum absolute atomic E-state index is 5.77. The summed E-state index contributed by atoms with van der Waals surface area (Å²) in [6.07, 6.45) is 0.961. The molecular weight excluding hydrogens is 228 g/mol. The van der Waals surface area contributed by atoms with E-state index in [9.17, 15) is 0 Å². The summed E-state index contributed by atoms with van der Waals surface area (Å²) in [6.45, 7) is 9.33. The van der Waals surface area contributed by atoms with Crippen LogP contribution in [-0.4, -0.2) is 35.7 Å². The Morgan fingerprint density at radius 1 is 1.39 bits per heavy atom. The van der Waals surface area contributed by atoms with Crippen LogP contribution in [0.5, 0.6) is 5.88 Å². The molecule has 1 heterocycles. The molecule has 0 amide bonds. The van der Waals surface area contributed by atoms with Gasteiger partial charge in [-0.25, -0.2) is 4.98 Å². The molecule has 0 saturated carbocycles. The van der Waals surface area contributed by atoms with E-state index < -0.39 is 0 Å². The van der Waals surface area contributed by atoms with Crippen molar-refractivity contribution in [3.05, 3.63) is 11.8 Å². The van der Waals surface area contributed by atoms with Crippen LogP contribution in [0.25, 0.3) is 0 Å². The van der Waals surface area contributed by atoms with Crippen molar-refractivity contribution in [3.8, 4) is 5.88 Å². The van der Waals surface area contributed by atoms with E-state index in [0.29, 0.717) is 25.0 Å². The van der Waals surface area contributed by atoms with Crippen LogP contribution >= 0.6 is 0 Å². The Morgan fingerprint density at radius 3 is 2.61 bits per heavy atom. The lowest BCUT2D eigenvalue weighted by molar-refractivity contribution is 0.304. The van der Waals surface area contributed by atoms with Gasteiger partial charge in [0.05, 0.1) is 6.61 Å². The molecule has 0 unspecified atom stereocenters. The molecule has 0 fully saturated rings. The second kappa shape index (κ2) is 6.00. The maximum Gasteiger partial charge on any atom is 0.229 e. The monoisotopic (exact) mass is 252 g/mol. The number of hydrogen-bond acceptors (Lipinski definition) is 5. The molecule has 0 bridgehead atoms. The number of ether oxygens (including phenoxy) is 1. The fourth-order valence-electron chi connectivity index (χ4n) is 1.36. The van der Waals surface area contributed by atoms with Crippen LogP contribution in [-0.2, 0) is 0 Å². The van der Waals surface area contributed by atoms with Crippen molar-refractivity contribution in [1.29, 1.82) is 0 Å². The smallest absolute Gasteiger partial charge is 0.229 e. The normalized spacial score (nSPS) is 11.4.